The van der Waals surface area contributed by atoms with E-state index in [2.05, 4.69) is 33.5 Å². The molecule has 0 spiro atoms. The molecule has 0 amide bonds. The van der Waals surface area contributed by atoms with E-state index in [-0.39, 0.29) is 11.7 Å². The molecule has 7 heteroatoms. The van der Waals surface area contributed by atoms with E-state index in [0.717, 1.165) is 52.4 Å². The van der Waals surface area contributed by atoms with E-state index in [9.17, 15) is 4.79 Å². The molecule has 0 aromatic carbocycles. The summed E-state index contributed by atoms with van der Waals surface area (Å²) in [6, 6.07) is 0.577. The van der Waals surface area contributed by atoms with Crippen LogP contribution in [-0.2, 0) is 11.8 Å². The lowest BCUT2D eigenvalue weighted by Crippen LogP contribution is -2.54. The van der Waals surface area contributed by atoms with Crippen LogP contribution >= 0.6 is 0 Å². The molecule has 3 heterocycles. The molecular formula is C17H29N5O2. The number of hydrogen-bond donors (Lipinski definition) is 0. The maximum absolute atomic E-state index is 12.2. The smallest absolute Gasteiger partial charge is 0.293 e. The highest BCUT2D eigenvalue weighted by Gasteiger charge is 2.26. The lowest BCUT2D eigenvalue weighted by Gasteiger charge is -2.40. The molecular weight excluding hydrogens is 306 g/mol. The molecule has 0 N–H and O–H groups in total. The van der Waals surface area contributed by atoms with Crippen molar-refractivity contribution in [3.05, 3.63) is 22.7 Å². The topological polar surface area (TPSA) is 53.8 Å². The first-order valence-electron chi connectivity index (χ1n) is 8.89. The van der Waals surface area contributed by atoms with Crippen molar-refractivity contribution >= 4 is 5.82 Å². The summed E-state index contributed by atoms with van der Waals surface area (Å²) in [6.07, 6.45) is 3.68. The number of hydrogen-bond acceptors (Lipinski definition) is 6. The zero-order valence-electron chi connectivity index (χ0n) is 15.0. The number of aromatic nitrogens is 2. The van der Waals surface area contributed by atoms with Crippen molar-refractivity contribution in [2.24, 2.45) is 7.05 Å². The third kappa shape index (κ3) is 3.96. The van der Waals surface area contributed by atoms with Gasteiger partial charge in [-0.2, -0.15) is 0 Å². The Balaban J connectivity index is 1.52. The van der Waals surface area contributed by atoms with Crippen molar-refractivity contribution in [1.82, 2.24) is 19.4 Å². The molecule has 0 radical (unpaired) electrons. The average Bonchev–Trinajstić information content (AvgIpc) is 2.58. The zero-order chi connectivity index (χ0) is 17.1. The molecule has 24 heavy (non-hydrogen) atoms. The van der Waals surface area contributed by atoms with Gasteiger partial charge < -0.3 is 14.2 Å². The number of piperazine rings is 1. The summed E-state index contributed by atoms with van der Waals surface area (Å²) in [7, 11) is 1.77. The van der Waals surface area contributed by atoms with Crippen LogP contribution in [0.3, 0.4) is 0 Å². The first-order chi connectivity index (χ1) is 11.5. The Morgan fingerprint density at radius 2 is 2.00 bits per heavy atom. The van der Waals surface area contributed by atoms with Crippen molar-refractivity contribution < 1.29 is 4.74 Å². The number of aryl methyl sites for hydroxylation is 1. The van der Waals surface area contributed by atoms with Crippen molar-refractivity contribution in [2.45, 2.75) is 26.0 Å². The van der Waals surface area contributed by atoms with Crippen molar-refractivity contribution in [1.29, 1.82) is 0 Å². The number of ether oxygens (including phenoxy) is 1. The van der Waals surface area contributed by atoms with E-state index in [1.54, 1.807) is 24.0 Å². The molecule has 0 aliphatic carbocycles. The molecule has 1 atom stereocenters. The van der Waals surface area contributed by atoms with E-state index in [1.165, 1.54) is 0 Å². The van der Waals surface area contributed by atoms with Crippen LogP contribution in [0.4, 0.5) is 5.82 Å². The molecule has 0 saturated carbocycles. The largest absolute Gasteiger partial charge is 0.374 e. The minimum absolute atomic E-state index is 0.0193. The van der Waals surface area contributed by atoms with Gasteiger partial charge >= 0.3 is 0 Å². The Labute approximate surface area is 143 Å². The van der Waals surface area contributed by atoms with Gasteiger partial charge in [-0.05, 0) is 13.8 Å². The second kappa shape index (κ2) is 7.63. The Kier molecular flexibility index (Phi) is 5.53. The van der Waals surface area contributed by atoms with Crippen LogP contribution in [-0.4, -0.2) is 83.9 Å². The first-order valence-corrected chi connectivity index (χ1v) is 8.89. The summed E-state index contributed by atoms with van der Waals surface area (Å²) < 4.78 is 7.53. The predicted molar refractivity (Wildman–Crippen MR) is 94.6 cm³/mol. The maximum atomic E-state index is 12.2. The molecule has 7 nitrogen and oxygen atoms in total. The quantitative estimate of drug-likeness (QED) is 0.773. The summed E-state index contributed by atoms with van der Waals surface area (Å²) in [5.41, 5.74) is -0.0193. The summed E-state index contributed by atoms with van der Waals surface area (Å²) in [5, 5.41) is 0. The van der Waals surface area contributed by atoms with E-state index in [1.807, 2.05) is 0 Å². The molecule has 3 rings (SSSR count). The second-order valence-corrected chi connectivity index (χ2v) is 7.04. The van der Waals surface area contributed by atoms with Gasteiger partial charge in [0, 0.05) is 71.3 Å². The third-order valence-electron chi connectivity index (χ3n) is 5.03. The molecule has 1 aromatic rings. The average molecular weight is 335 g/mol. The maximum Gasteiger partial charge on any atom is 0.293 e. The van der Waals surface area contributed by atoms with E-state index in [0.29, 0.717) is 11.9 Å². The van der Waals surface area contributed by atoms with Gasteiger partial charge in [-0.1, -0.05) is 0 Å². The standard InChI is InChI=1S/C17H29N5O2/c1-14(2)22-10-11-24-15(13-22)12-20-6-8-21(9-7-20)16-17(23)19(3)5-4-18-16/h4-5,14-15H,6-13H2,1-3H3/t15-/m1/s1. The highest BCUT2D eigenvalue weighted by atomic mass is 16.5. The van der Waals surface area contributed by atoms with Gasteiger partial charge in [-0.3, -0.25) is 14.6 Å². The Bertz CT molecular complexity index is 595. The third-order valence-corrected chi connectivity index (χ3v) is 5.03. The molecule has 1 aromatic heterocycles. The van der Waals surface area contributed by atoms with Crippen molar-refractivity contribution in [2.75, 3.05) is 57.3 Å². The van der Waals surface area contributed by atoms with Crippen LogP contribution in [0.25, 0.3) is 0 Å². The zero-order valence-corrected chi connectivity index (χ0v) is 15.0. The van der Waals surface area contributed by atoms with Crippen LogP contribution < -0.4 is 10.5 Å². The minimum atomic E-state index is -0.0193. The van der Waals surface area contributed by atoms with E-state index >= 15 is 0 Å². The molecule has 0 bridgehead atoms. The molecule has 2 fully saturated rings. The van der Waals surface area contributed by atoms with Crippen LogP contribution in [0.5, 0.6) is 0 Å². The van der Waals surface area contributed by atoms with Crippen LogP contribution in [0.15, 0.2) is 17.2 Å². The van der Waals surface area contributed by atoms with E-state index < -0.39 is 0 Å². The fourth-order valence-electron chi connectivity index (χ4n) is 3.45. The first kappa shape index (κ1) is 17.4. The van der Waals surface area contributed by atoms with E-state index in [4.69, 9.17) is 4.74 Å². The van der Waals surface area contributed by atoms with Gasteiger partial charge in [0.05, 0.1) is 12.7 Å². The number of nitrogens with zero attached hydrogens (tertiary/aromatic N) is 5. The van der Waals surface area contributed by atoms with Crippen LogP contribution in [0.2, 0.25) is 0 Å². The number of anilines is 1. The molecule has 2 aliphatic heterocycles. The lowest BCUT2D eigenvalue weighted by molar-refractivity contribution is -0.0525. The predicted octanol–water partition coefficient (Wildman–Crippen LogP) is 0.0115. The van der Waals surface area contributed by atoms with Gasteiger partial charge in [0.25, 0.3) is 5.56 Å². The van der Waals surface area contributed by atoms with Crippen LogP contribution in [0.1, 0.15) is 13.8 Å². The second-order valence-electron chi connectivity index (χ2n) is 7.04. The van der Waals surface area contributed by atoms with Crippen molar-refractivity contribution in [3.8, 4) is 0 Å². The Hall–Kier alpha value is -1.44. The molecule has 0 unspecified atom stereocenters. The normalized spacial score (nSPS) is 23.8. The number of rotatable bonds is 4. The fourth-order valence-corrected chi connectivity index (χ4v) is 3.45. The fraction of sp³-hybridized carbons (Fsp3) is 0.765. The van der Waals surface area contributed by atoms with Gasteiger partial charge in [0.15, 0.2) is 5.82 Å². The molecule has 2 saturated heterocycles. The van der Waals surface area contributed by atoms with Gasteiger partial charge in [-0.15, -0.1) is 0 Å². The highest BCUT2D eigenvalue weighted by molar-refractivity contribution is 5.36. The summed E-state index contributed by atoms with van der Waals surface area (Å²) >= 11 is 0. The molecule has 134 valence electrons. The van der Waals surface area contributed by atoms with Gasteiger partial charge in [0.2, 0.25) is 0 Å². The number of morpholine rings is 1. The summed E-state index contributed by atoms with van der Waals surface area (Å²) in [5.74, 6) is 0.569. The van der Waals surface area contributed by atoms with Crippen molar-refractivity contribution in [3.63, 3.8) is 0 Å². The minimum Gasteiger partial charge on any atom is -0.374 e. The monoisotopic (exact) mass is 335 g/mol. The molecule has 2 aliphatic rings. The lowest BCUT2D eigenvalue weighted by atomic mass is 10.2. The summed E-state index contributed by atoms with van der Waals surface area (Å²) in [6.45, 7) is 11.9. The highest BCUT2D eigenvalue weighted by Crippen LogP contribution is 2.13. The SMILES string of the molecule is CC(C)N1CCO[C@H](CN2CCN(c3nccn(C)c3=O)CC2)C1. The Morgan fingerprint density at radius 1 is 1.25 bits per heavy atom. The summed E-state index contributed by atoms with van der Waals surface area (Å²) in [4.78, 5) is 23.5. The Morgan fingerprint density at radius 3 is 2.71 bits per heavy atom. The van der Waals surface area contributed by atoms with Gasteiger partial charge in [-0.25, -0.2) is 4.98 Å². The van der Waals surface area contributed by atoms with Crippen LogP contribution in [0, 0.1) is 0 Å². The van der Waals surface area contributed by atoms with Gasteiger partial charge in [0.1, 0.15) is 0 Å².